The summed E-state index contributed by atoms with van der Waals surface area (Å²) in [7, 11) is 0. The number of nitrogens with zero attached hydrogens (tertiary/aromatic N) is 1. The molecule has 0 saturated carbocycles. The van der Waals surface area contributed by atoms with Crippen LogP contribution in [0, 0.1) is 0 Å². The van der Waals surface area contributed by atoms with Crippen molar-refractivity contribution >= 4 is 44.5 Å². The van der Waals surface area contributed by atoms with Crippen molar-refractivity contribution in [2.45, 2.75) is 31.7 Å². The van der Waals surface area contributed by atoms with Crippen LogP contribution in [-0.2, 0) is 10.1 Å². The van der Waals surface area contributed by atoms with E-state index in [1.807, 2.05) is 39.0 Å². The van der Waals surface area contributed by atoms with Gasteiger partial charge in [0.2, 0.25) is 0 Å². The van der Waals surface area contributed by atoms with Gasteiger partial charge in [0.1, 0.15) is 5.60 Å². The predicted octanol–water partition coefficient (Wildman–Crippen LogP) is 4.97. The Bertz CT molecular complexity index is 628. The molecule has 0 fully saturated rings. The molecule has 0 amide bonds. The first kappa shape index (κ1) is 14.4. The highest BCUT2D eigenvalue weighted by atomic mass is 79.9. The van der Waals surface area contributed by atoms with E-state index in [1.54, 1.807) is 6.20 Å². The molecule has 0 spiro atoms. The van der Waals surface area contributed by atoms with Crippen LogP contribution in [0.25, 0.3) is 10.9 Å². The summed E-state index contributed by atoms with van der Waals surface area (Å²) in [6.45, 7) is 5.52. The van der Waals surface area contributed by atoms with E-state index in [0.29, 0.717) is 10.4 Å². The molecule has 0 N–H and O–H groups in total. The largest absolute Gasteiger partial charge is 0.443 e. The molecule has 5 heteroatoms. The SMILES string of the molecule is CC(C)(C)OC(=O)n1ccc2c(Cl)c(CBr)ccc21. The first-order valence-electron chi connectivity index (χ1n) is 5.91. The van der Waals surface area contributed by atoms with E-state index in [9.17, 15) is 4.79 Å². The second-order valence-corrected chi connectivity index (χ2v) is 6.21. The van der Waals surface area contributed by atoms with Crippen LogP contribution in [0.2, 0.25) is 5.02 Å². The molecule has 2 aromatic rings. The average molecular weight is 345 g/mol. The summed E-state index contributed by atoms with van der Waals surface area (Å²) in [6.07, 6.45) is 1.29. The number of halogens is 2. The number of carbonyl (C=O) groups is 1. The van der Waals surface area contributed by atoms with Crippen molar-refractivity contribution in [2.24, 2.45) is 0 Å². The fourth-order valence-corrected chi connectivity index (χ4v) is 2.72. The fraction of sp³-hybridized carbons (Fsp3) is 0.357. The van der Waals surface area contributed by atoms with E-state index in [-0.39, 0.29) is 0 Å². The molecule has 0 saturated heterocycles. The van der Waals surface area contributed by atoms with Crippen LogP contribution in [0.3, 0.4) is 0 Å². The molecule has 0 unspecified atom stereocenters. The zero-order chi connectivity index (χ0) is 14.2. The normalized spacial score (nSPS) is 11.8. The van der Waals surface area contributed by atoms with Crippen molar-refractivity contribution in [3.8, 4) is 0 Å². The number of fused-ring (bicyclic) bond motifs is 1. The summed E-state index contributed by atoms with van der Waals surface area (Å²) in [5.41, 5.74) is 1.23. The molecular formula is C14H15BrClNO2. The third-order valence-corrected chi connectivity index (χ3v) is 3.67. The van der Waals surface area contributed by atoms with E-state index in [2.05, 4.69) is 15.9 Å². The first-order chi connectivity index (χ1) is 8.83. The summed E-state index contributed by atoms with van der Waals surface area (Å²) in [5.74, 6) is 0. The third kappa shape index (κ3) is 2.95. The minimum atomic E-state index is -0.521. The third-order valence-electron chi connectivity index (χ3n) is 2.62. The van der Waals surface area contributed by atoms with Crippen molar-refractivity contribution in [1.82, 2.24) is 4.57 Å². The molecule has 19 heavy (non-hydrogen) atoms. The monoisotopic (exact) mass is 343 g/mol. The van der Waals surface area contributed by atoms with Gasteiger partial charge in [0, 0.05) is 16.9 Å². The highest BCUT2D eigenvalue weighted by Crippen LogP contribution is 2.30. The van der Waals surface area contributed by atoms with Gasteiger partial charge in [0.25, 0.3) is 0 Å². The average Bonchev–Trinajstić information content (AvgIpc) is 2.72. The van der Waals surface area contributed by atoms with E-state index in [1.165, 1.54) is 4.57 Å². The topological polar surface area (TPSA) is 31.2 Å². The van der Waals surface area contributed by atoms with Gasteiger partial charge in [-0.2, -0.15) is 0 Å². The molecule has 3 nitrogen and oxygen atoms in total. The minimum Gasteiger partial charge on any atom is -0.443 e. The number of ether oxygens (including phenoxy) is 1. The Hall–Kier alpha value is -1.000. The van der Waals surface area contributed by atoms with Crippen LogP contribution in [0.15, 0.2) is 24.4 Å². The highest BCUT2D eigenvalue weighted by molar-refractivity contribution is 9.08. The second-order valence-electron chi connectivity index (χ2n) is 5.27. The lowest BCUT2D eigenvalue weighted by molar-refractivity contribution is 0.0544. The summed E-state index contributed by atoms with van der Waals surface area (Å²) in [5, 5.41) is 2.19. The Morgan fingerprint density at radius 1 is 1.37 bits per heavy atom. The van der Waals surface area contributed by atoms with Gasteiger partial charge in [-0.05, 0) is 38.5 Å². The fourth-order valence-electron chi connectivity index (χ4n) is 1.80. The summed E-state index contributed by atoms with van der Waals surface area (Å²) >= 11 is 9.68. The predicted molar refractivity (Wildman–Crippen MR) is 81.2 cm³/mol. The van der Waals surface area contributed by atoms with Crippen LogP contribution >= 0.6 is 27.5 Å². The zero-order valence-electron chi connectivity index (χ0n) is 11.0. The van der Waals surface area contributed by atoms with E-state index >= 15 is 0 Å². The molecule has 102 valence electrons. The zero-order valence-corrected chi connectivity index (χ0v) is 13.4. The Morgan fingerprint density at radius 2 is 2.05 bits per heavy atom. The van der Waals surface area contributed by atoms with E-state index in [0.717, 1.165) is 16.5 Å². The Kier molecular flexibility index (Phi) is 3.92. The maximum Gasteiger partial charge on any atom is 0.418 e. The Balaban J connectivity index is 2.47. The van der Waals surface area contributed by atoms with Crippen LogP contribution in [0.1, 0.15) is 26.3 Å². The lowest BCUT2D eigenvalue weighted by Crippen LogP contribution is -2.26. The van der Waals surface area contributed by atoms with Gasteiger partial charge in [0.05, 0.1) is 10.5 Å². The van der Waals surface area contributed by atoms with Crippen LogP contribution in [0.5, 0.6) is 0 Å². The van der Waals surface area contributed by atoms with Crippen LogP contribution in [0.4, 0.5) is 4.79 Å². The van der Waals surface area contributed by atoms with Crippen LogP contribution in [-0.4, -0.2) is 16.3 Å². The van der Waals surface area contributed by atoms with Crippen molar-refractivity contribution in [3.05, 3.63) is 35.0 Å². The molecule has 0 atom stereocenters. The molecule has 1 aromatic heterocycles. The molecule has 1 aromatic carbocycles. The van der Waals surface area contributed by atoms with Crippen molar-refractivity contribution in [1.29, 1.82) is 0 Å². The number of aromatic nitrogens is 1. The Labute approximate surface area is 125 Å². The smallest absolute Gasteiger partial charge is 0.418 e. The molecular weight excluding hydrogens is 330 g/mol. The Morgan fingerprint density at radius 3 is 2.63 bits per heavy atom. The first-order valence-corrected chi connectivity index (χ1v) is 7.41. The quantitative estimate of drug-likeness (QED) is 0.684. The number of rotatable bonds is 1. The number of carbonyl (C=O) groups excluding carboxylic acids is 1. The maximum absolute atomic E-state index is 12.1. The molecule has 0 aliphatic rings. The number of hydrogen-bond acceptors (Lipinski definition) is 2. The van der Waals surface area contributed by atoms with Gasteiger partial charge in [-0.15, -0.1) is 0 Å². The van der Waals surface area contributed by atoms with Crippen LogP contribution < -0.4 is 0 Å². The van der Waals surface area contributed by atoms with E-state index < -0.39 is 11.7 Å². The summed E-state index contributed by atoms with van der Waals surface area (Å²) in [4.78, 5) is 12.1. The summed E-state index contributed by atoms with van der Waals surface area (Å²) < 4.78 is 6.83. The van der Waals surface area contributed by atoms with Crippen molar-refractivity contribution < 1.29 is 9.53 Å². The lowest BCUT2D eigenvalue weighted by Gasteiger charge is -2.19. The van der Waals surface area contributed by atoms with Gasteiger partial charge in [0.15, 0.2) is 0 Å². The van der Waals surface area contributed by atoms with Crippen molar-refractivity contribution in [2.75, 3.05) is 0 Å². The molecule has 0 aliphatic carbocycles. The van der Waals surface area contributed by atoms with Gasteiger partial charge in [-0.1, -0.05) is 33.6 Å². The summed E-state index contributed by atoms with van der Waals surface area (Å²) in [6, 6.07) is 5.61. The minimum absolute atomic E-state index is 0.398. The van der Waals surface area contributed by atoms with Crippen molar-refractivity contribution in [3.63, 3.8) is 0 Å². The molecule has 1 heterocycles. The van der Waals surface area contributed by atoms with Gasteiger partial charge >= 0.3 is 6.09 Å². The number of hydrogen-bond donors (Lipinski definition) is 0. The maximum atomic E-state index is 12.1. The highest BCUT2D eigenvalue weighted by Gasteiger charge is 2.19. The molecule has 0 bridgehead atoms. The lowest BCUT2D eigenvalue weighted by atomic mass is 10.2. The number of benzene rings is 1. The number of alkyl halides is 1. The standard InChI is InChI=1S/C14H15BrClNO2/c1-14(2,3)19-13(18)17-7-6-10-11(17)5-4-9(8-15)12(10)16/h4-7H,8H2,1-3H3. The van der Waals surface area contributed by atoms with Gasteiger partial charge in [-0.25, -0.2) is 4.79 Å². The van der Waals surface area contributed by atoms with Gasteiger partial charge in [-0.3, -0.25) is 4.57 Å². The molecule has 0 radical (unpaired) electrons. The van der Waals surface area contributed by atoms with E-state index in [4.69, 9.17) is 16.3 Å². The second kappa shape index (κ2) is 5.17. The molecule has 0 aliphatic heterocycles. The van der Waals surface area contributed by atoms with Gasteiger partial charge < -0.3 is 4.74 Å². The molecule has 2 rings (SSSR count).